The van der Waals surface area contributed by atoms with E-state index in [2.05, 4.69) is 30.1 Å². The average Bonchev–Trinajstić information content (AvgIpc) is 2.94. The Bertz CT molecular complexity index is 464. The van der Waals surface area contributed by atoms with Gasteiger partial charge in [-0.15, -0.1) is 0 Å². The summed E-state index contributed by atoms with van der Waals surface area (Å²) >= 11 is 0. The molecule has 1 aromatic carbocycles. The van der Waals surface area contributed by atoms with Gasteiger partial charge in [0.2, 0.25) is 0 Å². The fraction of sp³-hybridized carbons (Fsp3) is 0.533. The van der Waals surface area contributed by atoms with Crippen molar-refractivity contribution in [2.75, 3.05) is 7.05 Å². The smallest absolute Gasteiger partial charge is 0.170 e. The Morgan fingerprint density at radius 1 is 1.42 bits per heavy atom. The number of nitrogens with two attached hydrogens (primary N) is 1. The summed E-state index contributed by atoms with van der Waals surface area (Å²) in [4.78, 5) is 2.44. The van der Waals surface area contributed by atoms with Crippen molar-refractivity contribution in [3.05, 3.63) is 34.9 Å². The van der Waals surface area contributed by atoms with Crippen molar-refractivity contribution in [2.45, 2.75) is 45.2 Å². The van der Waals surface area contributed by atoms with Crippen molar-refractivity contribution in [1.29, 1.82) is 0 Å². The van der Waals surface area contributed by atoms with Gasteiger partial charge in [-0.3, -0.25) is 4.90 Å². The maximum Gasteiger partial charge on any atom is 0.170 e. The molecule has 0 aromatic heterocycles. The Morgan fingerprint density at radius 3 is 2.68 bits per heavy atom. The molecule has 0 bridgehead atoms. The van der Waals surface area contributed by atoms with Crippen LogP contribution in [0.3, 0.4) is 0 Å². The SMILES string of the molecule is Cc1cc(/C(N)=N/O)ccc1CN(C)C1CCCC1. The van der Waals surface area contributed by atoms with E-state index in [0.717, 1.165) is 18.2 Å². The van der Waals surface area contributed by atoms with Gasteiger partial charge in [0.15, 0.2) is 5.84 Å². The van der Waals surface area contributed by atoms with Crippen LogP contribution in [0.25, 0.3) is 0 Å². The van der Waals surface area contributed by atoms with Crippen LogP contribution >= 0.6 is 0 Å². The van der Waals surface area contributed by atoms with E-state index in [1.807, 2.05) is 12.1 Å². The molecule has 0 amide bonds. The van der Waals surface area contributed by atoms with Gasteiger partial charge < -0.3 is 10.9 Å². The number of hydrogen-bond donors (Lipinski definition) is 2. The van der Waals surface area contributed by atoms with E-state index in [4.69, 9.17) is 10.9 Å². The third kappa shape index (κ3) is 3.26. The van der Waals surface area contributed by atoms with Crippen LogP contribution in [-0.4, -0.2) is 29.0 Å². The standard InChI is InChI=1S/C15H23N3O/c1-11-9-12(15(16)17-19)7-8-13(11)10-18(2)14-5-3-4-6-14/h7-9,14,19H,3-6,10H2,1-2H3,(H2,16,17). The van der Waals surface area contributed by atoms with Gasteiger partial charge >= 0.3 is 0 Å². The molecule has 1 fully saturated rings. The zero-order valence-electron chi connectivity index (χ0n) is 11.8. The van der Waals surface area contributed by atoms with Crippen LogP contribution in [0.2, 0.25) is 0 Å². The molecule has 0 spiro atoms. The quantitative estimate of drug-likeness (QED) is 0.379. The molecule has 19 heavy (non-hydrogen) atoms. The second-order valence-electron chi connectivity index (χ2n) is 5.48. The molecule has 1 aliphatic rings. The van der Waals surface area contributed by atoms with E-state index >= 15 is 0 Å². The molecule has 1 aromatic rings. The molecule has 0 saturated heterocycles. The van der Waals surface area contributed by atoms with Gasteiger partial charge in [0, 0.05) is 18.2 Å². The second kappa shape index (κ2) is 6.06. The predicted octanol–water partition coefficient (Wildman–Crippen LogP) is 2.46. The first kappa shape index (κ1) is 13.9. The average molecular weight is 261 g/mol. The minimum atomic E-state index is 0.166. The Balaban J connectivity index is 2.08. The van der Waals surface area contributed by atoms with Gasteiger partial charge in [-0.1, -0.05) is 30.1 Å². The highest BCUT2D eigenvalue weighted by Gasteiger charge is 2.19. The topological polar surface area (TPSA) is 61.9 Å². The highest BCUT2D eigenvalue weighted by atomic mass is 16.4. The molecule has 2 rings (SSSR count). The Labute approximate surface area is 114 Å². The van der Waals surface area contributed by atoms with Gasteiger partial charge in [-0.2, -0.15) is 0 Å². The number of aryl methyl sites for hydroxylation is 1. The summed E-state index contributed by atoms with van der Waals surface area (Å²) < 4.78 is 0. The molecular formula is C15H23N3O. The highest BCUT2D eigenvalue weighted by molar-refractivity contribution is 5.97. The summed E-state index contributed by atoms with van der Waals surface area (Å²) in [6.07, 6.45) is 5.35. The normalized spacial score (nSPS) is 17.3. The number of nitrogens with zero attached hydrogens (tertiary/aromatic N) is 2. The number of oxime groups is 1. The van der Waals surface area contributed by atoms with Crippen LogP contribution in [0, 0.1) is 6.92 Å². The van der Waals surface area contributed by atoms with Crippen molar-refractivity contribution in [1.82, 2.24) is 4.90 Å². The maximum atomic E-state index is 8.69. The van der Waals surface area contributed by atoms with E-state index in [1.165, 1.54) is 36.8 Å². The molecule has 4 heteroatoms. The molecule has 1 aliphatic carbocycles. The molecular weight excluding hydrogens is 238 g/mol. The summed E-state index contributed by atoms with van der Waals surface area (Å²) in [5.41, 5.74) is 8.87. The first-order valence-corrected chi connectivity index (χ1v) is 6.89. The van der Waals surface area contributed by atoms with Crippen LogP contribution in [0.5, 0.6) is 0 Å². The van der Waals surface area contributed by atoms with Crippen molar-refractivity contribution in [3.8, 4) is 0 Å². The first-order valence-electron chi connectivity index (χ1n) is 6.89. The van der Waals surface area contributed by atoms with Crippen LogP contribution in [-0.2, 0) is 6.54 Å². The van der Waals surface area contributed by atoms with E-state index in [1.54, 1.807) is 0 Å². The van der Waals surface area contributed by atoms with Crippen LogP contribution in [0.1, 0.15) is 42.4 Å². The second-order valence-corrected chi connectivity index (χ2v) is 5.48. The van der Waals surface area contributed by atoms with Crippen LogP contribution in [0.4, 0.5) is 0 Å². The monoisotopic (exact) mass is 261 g/mol. The molecule has 0 aliphatic heterocycles. The van der Waals surface area contributed by atoms with Crippen molar-refractivity contribution in [2.24, 2.45) is 10.9 Å². The lowest BCUT2D eigenvalue weighted by molar-refractivity contribution is 0.237. The van der Waals surface area contributed by atoms with Gasteiger partial charge in [0.1, 0.15) is 0 Å². The van der Waals surface area contributed by atoms with Crippen molar-refractivity contribution >= 4 is 5.84 Å². The third-order valence-electron chi connectivity index (χ3n) is 4.11. The van der Waals surface area contributed by atoms with Crippen molar-refractivity contribution in [3.63, 3.8) is 0 Å². The number of rotatable bonds is 4. The number of amidine groups is 1. The van der Waals surface area contributed by atoms with E-state index in [9.17, 15) is 0 Å². The van der Waals surface area contributed by atoms with Gasteiger partial charge in [0.25, 0.3) is 0 Å². The van der Waals surface area contributed by atoms with E-state index < -0.39 is 0 Å². The fourth-order valence-electron chi connectivity index (χ4n) is 2.83. The molecule has 0 atom stereocenters. The van der Waals surface area contributed by atoms with Crippen LogP contribution < -0.4 is 5.73 Å². The number of hydrogen-bond acceptors (Lipinski definition) is 3. The Kier molecular flexibility index (Phi) is 4.43. The lowest BCUT2D eigenvalue weighted by Gasteiger charge is -2.25. The Morgan fingerprint density at radius 2 is 2.11 bits per heavy atom. The van der Waals surface area contributed by atoms with Gasteiger partial charge in [0.05, 0.1) is 0 Å². The minimum Gasteiger partial charge on any atom is -0.409 e. The Hall–Kier alpha value is -1.55. The zero-order chi connectivity index (χ0) is 13.8. The highest BCUT2D eigenvalue weighted by Crippen LogP contribution is 2.24. The lowest BCUT2D eigenvalue weighted by atomic mass is 10.0. The molecule has 4 nitrogen and oxygen atoms in total. The fourth-order valence-corrected chi connectivity index (χ4v) is 2.83. The molecule has 104 valence electrons. The van der Waals surface area contributed by atoms with Crippen LogP contribution in [0.15, 0.2) is 23.4 Å². The van der Waals surface area contributed by atoms with Gasteiger partial charge in [-0.05, 0) is 44.0 Å². The van der Waals surface area contributed by atoms with E-state index in [0.29, 0.717) is 0 Å². The summed E-state index contributed by atoms with van der Waals surface area (Å²) in [6, 6.07) is 6.70. The first-order chi connectivity index (χ1) is 9.11. The van der Waals surface area contributed by atoms with Gasteiger partial charge in [-0.25, -0.2) is 0 Å². The summed E-state index contributed by atoms with van der Waals surface area (Å²) in [6.45, 7) is 3.04. The minimum absolute atomic E-state index is 0.166. The third-order valence-corrected chi connectivity index (χ3v) is 4.11. The molecule has 0 radical (unpaired) electrons. The summed E-state index contributed by atoms with van der Waals surface area (Å²) in [5, 5.41) is 11.7. The molecule has 0 unspecified atom stereocenters. The maximum absolute atomic E-state index is 8.69. The summed E-state index contributed by atoms with van der Waals surface area (Å²) in [5.74, 6) is 0.166. The lowest BCUT2D eigenvalue weighted by Crippen LogP contribution is -2.28. The molecule has 1 saturated carbocycles. The number of benzene rings is 1. The summed E-state index contributed by atoms with van der Waals surface area (Å²) in [7, 11) is 2.20. The predicted molar refractivity (Wildman–Crippen MR) is 77.4 cm³/mol. The molecule has 3 N–H and O–H groups in total. The zero-order valence-corrected chi connectivity index (χ0v) is 11.8. The van der Waals surface area contributed by atoms with E-state index in [-0.39, 0.29) is 5.84 Å². The molecule has 0 heterocycles. The largest absolute Gasteiger partial charge is 0.409 e. The van der Waals surface area contributed by atoms with Crippen molar-refractivity contribution < 1.29 is 5.21 Å².